The summed E-state index contributed by atoms with van der Waals surface area (Å²) in [7, 11) is 0. The first-order valence-corrected chi connectivity index (χ1v) is 7.46. The van der Waals surface area contributed by atoms with Gasteiger partial charge in [0.1, 0.15) is 5.76 Å². The predicted molar refractivity (Wildman–Crippen MR) is 91.8 cm³/mol. The Morgan fingerprint density at radius 2 is 1.78 bits per heavy atom. The molecule has 0 aliphatic heterocycles. The minimum absolute atomic E-state index is 0.154. The van der Waals surface area contributed by atoms with Crippen LogP contribution in [-0.2, 0) is 5.41 Å². The Labute approximate surface area is 134 Å². The van der Waals surface area contributed by atoms with Crippen molar-refractivity contribution in [3.05, 3.63) is 54.3 Å². The third-order valence-electron chi connectivity index (χ3n) is 3.53. The van der Waals surface area contributed by atoms with Crippen molar-refractivity contribution in [2.24, 2.45) is 0 Å². The molecule has 3 rings (SSSR count). The van der Waals surface area contributed by atoms with Crippen LogP contribution in [0.2, 0.25) is 0 Å². The highest BCUT2D eigenvalue weighted by atomic mass is 16.5. The van der Waals surface area contributed by atoms with Crippen LogP contribution >= 0.6 is 0 Å². The highest BCUT2D eigenvalue weighted by molar-refractivity contribution is 6.05. The van der Waals surface area contributed by atoms with Crippen LogP contribution in [0, 0.1) is 0 Å². The van der Waals surface area contributed by atoms with Gasteiger partial charge < -0.3 is 9.84 Å². The number of aromatic nitrogens is 1. The molecule has 1 heterocycles. The van der Waals surface area contributed by atoms with Crippen molar-refractivity contribution >= 4 is 28.3 Å². The third-order valence-corrected chi connectivity index (χ3v) is 3.53. The SMILES string of the molecule is CC(C)(C)c1cc(NC(=O)Nc2cccc3ccccc23)no1. The van der Waals surface area contributed by atoms with E-state index in [4.69, 9.17) is 4.52 Å². The molecule has 0 fully saturated rings. The van der Waals surface area contributed by atoms with E-state index in [1.54, 1.807) is 6.07 Å². The molecule has 0 spiro atoms. The molecule has 5 heteroatoms. The largest absolute Gasteiger partial charge is 0.359 e. The van der Waals surface area contributed by atoms with Crippen LogP contribution in [0.25, 0.3) is 10.8 Å². The summed E-state index contributed by atoms with van der Waals surface area (Å²) in [5.74, 6) is 1.12. The molecule has 3 aromatic rings. The molecule has 0 bridgehead atoms. The highest BCUT2D eigenvalue weighted by Gasteiger charge is 2.20. The van der Waals surface area contributed by atoms with E-state index in [1.807, 2.05) is 63.2 Å². The molecule has 23 heavy (non-hydrogen) atoms. The number of urea groups is 1. The van der Waals surface area contributed by atoms with Crippen LogP contribution in [0.15, 0.2) is 53.1 Å². The number of hydrogen-bond acceptors (Lipinski definition) is 3. The van der Waals surface area contributed by atoms with Gasteiger partial charge in [0.25, 0.3) is 0 Å². The first-order chi connectivity index (χ1) is 10.9. The minimum atomic E-state index is -0.352. The first kappa shape index (κ1) is 15.1. The zero-order valence-electron chi connectivity index (χ0n) is 13.4. The number of nitrogens with one attached hydrogen (secondary N) is 2. The van der Waals surface area contributed by atoms with E-state index in [1.165, 1.54) is 0 Å². The number of rotatable bonds is 2. The number of fused-ring (bicyclic) bond motifs is 1. The van der Waals surface area contributed by atoms with Crippen LogP contribution in [0.3, 0.4) is 0 Å². The number of benzene rings is 2. The number of hydrogen-bond donors (Lipinski definition) is 2. The van der Waals surface area contributed by atoms with Gasteiger partial charge >= 0.3 is 6.03 Å². The van der Waals surface area contributed by atoms with E-state index in [9.17, 15) is 4.79 Å². The lowest BCUT2D eigenvalue weighted by Crippen LogP contribution is -2.19. The molecule has 0 aliphatic carbocycles. The molecule has 0 unspecified atom stereocenters. The number of nitrogens with zero attached hydrogens (tertiary/aromatic N) is 1. The molecule has 2 aromatic carbocycles. The summed E-state index contributed by atoms with van der Waals surface area (Å²) in [6, 6.07) is 15.1. The van der Waals surface area contributed by atoms with E-state index >= 15 is 0 Å². The Hall–Kier alpha value is -2.82. The van der Waals surface area contributed by atoms with Crippen molar-refractivity contribution in [3.63, 3.8) is 0 Å². The monoisotopic (exact) mass is 309 g/mol. The third kappa shape index (κ3) is 3.34. The van der Waals surface area contributed by atoms with Crippen LogP contribution in [0.4, 0.5) is 16.3 Å². The Morgan fingerprint density at radius 1 is 1.04 bits per heavy atom. The Kier molecular flexibility index (Phi) is 3.78. The van der Waals surface area contributed by atoms with Gasteiger partial charge in [-0.25, -0.2) is 4.79 Å². The zero-order chi connectivity index (χ0) is 16.4. The quantitative estimate of drug-likeness (QED) is 0.716. The van der Waals surface area contributed by atoms with Gasteiger partial charge in [-0.2, -0.15) is 0 Å². The van der Waals surface area contributed by atoms with E-state index in [2.05, 4.69) is 15.8 Å². The normalized spacial score (nSPS) is 11.4. The van der Waals surface area contributed by atoms with Crippen molar-refractivity contribution in [1.82, 2.24) is 5.16 Å². The van der Waals surface area contributed by atoms with Gasteiger partial charge in [-0.1, -0.05) is 62.3 Å². The Bertz CT molecular complexity index is 841. The van der Waals surface area contributed by atoms with E-state index in [-0.39, 0.29) is 11.4 Å². The van der Waals surface area contributed by atoms with Crippen LogP contribution < -0.4 is 10.6 Å². The first-order valence-electron chi connectivity index (χ1n) is 7.46. The molecular weight excluding hydrogens is 290 g/mol. The summed E-state index contributed by atoms with van der Waals surface area (Å²) in [6.45, 7) is 6.06. The summed E-state index contributed by atoms with van der Waals surface area (Å²) < 4.78 is 5.26. The average Bonchev–Trinajstić information content (AvgIpc) is 2.96. The fourth-order valence-corrected chi connectivity index (χ4v) is 2.29. The number of amides is 2. The van der Waals surface area contributed by atoms with Crippen molar-refractivity contribution in [2.45, 2.75) is 26.2 Å². The molecule has 0 aliphatic rings. The molecule has 118 valence electrons. The highest BCUT2D eigenvalue weighted by Crippen LogP contribution is 2.25. The summed E-state index contributed by atoms with van der Waals surface area (Å²) in [6.07, 6.45) is 0. The molecule has 2 N–H and O–H groups in total. The number of carbonyl (C=O) groups is 1. The van der Waals surface area contributed by atoms with Gasteiger partial charge in [-0.15, -0.1) is 0 Å². The van der Waals surface area contributed by atoms with Gasteiger partial charge in [0.15, 0.2) is 5.82 Å². The molecule has 0 atom stereocenters. The van der Waals surface area contributed by atoms with Crippen LogP contribution in [0.5, 0.6) is 0 Å². The van der Waals surface area contributed by atoms with E-state index in [0.717, 1.165) is 22.2 Å². The second-order valence-corrected chi connectivity index (χ2v) is 6.43. The molecule has 5 nitrogen and oxygen atoms in total. The van der Waals surface area contributed by atoms with Gasteiger partial charge in [0.05, 0.1) is 5.69 Å². The Balaban J connectivity index is 1.75. The standard InChI is InChI=1S/C18H19N3O2/c1-18(2,3)15-11-16(21-23-15)20-17(22)19-14-10-6-8-12-7-4-5-9-13(12)14/h4-11H,1-3H3,(H2,19,20,21,22). The average molecular weight is 309 g/mol. The smallest absolute Gasteiger partial charge is 0.324 e. The van der Waals surface area contributed by atoms with Crippen molar-refractivity contribution in [1.29, 1.82) is 0 Å². The molecular formula is C18H19N3O2. The summed E-state index contributed by atoms with van der Waals surface area (Å²) in [5, 5.41) is 11.5. The predicted octanol–water partition coefficient (Wildman–Crippen LogP) is 4.77. The van der Waals surface area contributed by atoms with Crippen LogP contribution in [-0.4, -0.2) is 11.2 Å². The van der Waals surface area contributed by atoms with Gasteiger partial charge in [-0.05, 0) is 11.5 Å². The maximum absolute atomic E-state index is 12.2. The lowest BCUT2D eigenvalue weighted by atomic mass is 9.93. The lowest BCUT2D eigenvalue weighted by Gasteiger charge is -2.12. The minimum Gasteiger partial charge on any atom is -0.359 e. The Morgan fingerprint density at radius 3 is 2.52 bits per heavy atom. The summed E-state index contributed by atoms with van der Waals surface area (Å²) in [4.78, 5) is 12.2. The molecule has 2 amide bonds. The van der Waals surface area contributed by atoms with Gasteiger partial charge in [0.2, 0.25) is 0 Å². The lowest BCUT2D eigenvalue weighted by molar-refractivity contribution is 0.262. The number of carbonyl (C=O) groups excluding carboxylic acids is 1. The molecule has 1 aromatic heterocycles. The topological polar surface area (TPSA) is 67.2 Å². The maximum atomic E-state index is 12.2. The number of anilines is 2. The van der Waals surface area contributed by atoms with E-state index < -0.39 is 0 Å². The maximum Gasteiger partial charge on any atom is 0.324 e. The summed E-state index contributed by atoms with van der Waals surface area (Å²) >= 11 is 0. The molecule has 0 radical (unpaired) electrons. The molecule has 0 saturated carbocycles. The molecule has 0 saturated heterocycles. The second kappa shape index (κ2) is 5.76. The fourth-order valence-electron chi connectivity index (χ4n) is 2.29. The van der Waals surface area contributed by atoms with Crippen LogP contribution in [0.1, 0.15) is 26.5 Å². The van der Waals surface area contributed by atoms with Gasteiger partial charge in [-0.3, -0.25) is 5.32 Å². The van der Waals surface area contributed by atoms with E-state index in [0.29, 0.717) is 5.82 Å². The van der Waals surface area contributed by atoms with Crippen molar-refractivity contribution in [2.75, 3.05) is 10.6 Å². The van der Waals surface area contributed by atoms with Gasteiger partial charge in [0, 0.05) is 16.9 Å². The van der Waals surface area contributed by atoms with Crippen molar-refractivity contribution in [3.8, 4) is 0 Å². The summed E-state index contributed by atoms with van der Waals surface area (Å²) in [5.41, 5.74) is 0.596. The second-order valence-electron chi connectivity index (χ2n) is 6.43. The fraction of sp³-hybridized carbons (Fsp3) is 0.222. The van der Waals surface area contributed by atoms with Crippen molar-refractivity contribution < 1.29 is 9.32 Å². The zero-order valence-corrected chi connectivity index (χ0v) is 13.4.